The van der Waals surface area contributed by atoms with Crippen molar-refractivity contribution in [3.05, 3.63) is 59.1 Å². The van der Waals surface area contributed by atoms with E-state index in [1.807, 2.05) is 36.6 Å². The van der Waals surface area contributed by atoms with Crippen LogP contribution in [0.5, 0.6) is 5.75 Å². The first-order valence-corrected chi connectivity index (χ1v) is 8.00. The molecular weight excluding hydrogens is 308 g/mol. The van der Waals surface area contributed by atoms with Crippen LogP contribution in [-0.2, 0) is 4.74 Å². The number of esters is 1. The Hall–Kier alpha value is -1.65. The Morgan fingerprint density at radius 2 is 1.81 bits per heavy atom. The first-order valence-electron chi connectivity index (χ1n) is 6.40. The Bertz CT molecular complexity index is 616. The van der Waals surface area contributed by atoms with Crippen molar-refractivity contribution in [3.63, 3.8) is 0 Å². The summed E-state index contributed by atoms with van der Waals surface area (Å²) in [5.41, 5.74) is 0.572. The zero-order valence-electron chi connectivity index (χ0n) is 11.5. The van der Waals surface area contributed by atoms with Crippen molar-refractivity contribution in [1.29, 1.82) is 0 Å². The average Bonchev–Trinajstić information content (AvgIpc) is 2.52. The molecule has 3 nitrogen and oxygen atoms in total. The van der Waals surface area contributed by atoms with Crippen molar-refractivity contribution >= 4 is 29.3 Å². The molecule has 0 radical (unpaired) electrons. The third-order valence-electron chi connectivity index (χ3n) is 2.74. The van der Waals surface area contributed by atoms with Gasteiger partial charge in [0, 0.05) is 4.90 Å². The van der Waals surface area contributed by atoms with E-state index in [9.17, 15) is 4.79 Å². The summed E-state index contributed by atoms with van der Waals surface area (Å²) in [5, 5.41) is 0.538. The Morgan fingerprint density at radius 3 is 2.57 bits per heavy atom. The molecular formula is C16H15ClO3S. The SMILES string of the molecule is CSc1ccccc1C(=O)OCCOc1ccccc1Cl. The maximum absolute atomic E-state index is 12.0. The monoisotopic (exact) mass is 322 g/mol. The second-order valence-corrected chi connectivity index (χ2v) is 5.37. The van der Waals surface area contributed by atoms with Crippen LogP contribution in [0.3, 0.4) is 0 Å². The lowest BCUT2D eigenvalue weighted by molar-refractivity contribution is 0.0446. The smallest absolute Gasteiger partial charge is 0.339 e. The Balaban J connectivity index is 1.83. The van der Waals surface area contributed by atoms with Gasteiger partial charge in [-0.2, -0.15) is 0 Å². The number of thioether (sulfide) groups is 1. The highest BCUT2D eigenvalue weighted by Gasteiger charge is 2.11. The predicted molar refractivity (Wildman–Crippen MR) is 85.5 cm³/mol. The molecule has 0 bridgehead atoms. The molecule has 0 aliphatic carbocycles. The average molecular weight is 323 g/mol. The fourth-order valence-electron chi connectivity index (χ4n) is 1.74. The molecule has 0 aromatic heterocycles. The van der Waals surface area contributed by atoms with E-state index in [-0.39, 0.29) is 19.2 Å². The number of hydrogen-bond acceptors (Lipinski definition) is 4. The van der Waals surface area contributed by atoms with Crippen LogP contribution in [0, 0.1) is 0 Å². The fourth-order valence-corrected chi connectivity index (χ4v) is 2.52. The third kappa shape index (κ3) is 4.41. The van der Waals surface area contributed by atoms with E-state index in [4.69, 9.17) is 21.1 Å². The Labute approximate surface area is 133 Å². The van der Waals surface area contributed by atoms with Crippen LogP contribution in [0.25, 0.3) is 0 Å². The summed E-state index contributed by atoms with van der Waals surface area (Å²) in [6, 6.07) is 14.5. The summed E-state index contributed by atoms with van der Waals surface area (Å²) in [6.07, 6.45) is 1.92. The van der Waals surface area contributed by atoms with Crippen molar-refractivity contribution in [2.24, 2.45) is 0 Å². The highest BCUT2D eigenvalue weighted by molar-refractivity contribution is 7.98. The second kappa shape index (κ2) is 7.96. The number of ether oxygens (including phenoxy) is 2. The van der Waals surface area contributed by atoms with Gasteiger partial charge in [-0.3, -0.25) is 0 Å². The van der Waals surface area contributed by atoms with Crippen molar-refractivity contribution in [2.75, 3.05) is 19.5 Å². The summed E-state index contributed by atoms with van der Waals surface area (Å²) >= 11 is 7.48. The largest absolute Gasteiger partial charge is 0.488 e. The molecule has 0 spiro atoms. The maximum Gasteiger partial charge on any atom is 0.339 e. The molecule has 2 aromatic carbocycles. The molecule has 0 unspecified atom stereocenters. The third-order valence-corrected chi connectivity index (χ3v) is 3.85. The topological polar surface area (TPSA) is 35.5 Å². The first kappa shape index (κ1) is 15.7. The van der Waals surface area contributed by atoms with Crippen molar-refractivity contribution < 1.29 is 14.3 Å². The van der Waals surface area contributed by atoms with Gasteiger partial charge in [-0.15, -0.1) is 11.8 Å². The minimum atomic E-state index is -0.345. The second-order valence-electron chi connectivity index (χ2n) is 4.12. The highest BCUT2D eigenvalue weighted by Crippen LogP contribution is 2.23. The van der Waals surface area contributed by atoms with Gasteiger partial charge in [-0.25, -0.2) is 4.79 Å². The van der Waals surface area contributed by atoms with Gasteiger partial charge >= 0.3 is 5.97 Å². The lowest BCUT2D eigenvalue weighted by Crippen LogP contribution is -2.13. The molecule has 5 heteroatoms. The van der Waals surface area contributed by atoms with Gasteiger partial charge in [0.25, 0.3) is 0 Å². The van der Waals surface area contributed by atoms with Gasteiger partial charge in [0.2, 0.25) is 0 Å². The summed E-state index contributed by atoms with van der Waals surface area (Å²) in [7, 11) is 0. The lowest BCUT2D eigenvalue weighted by atomic mass is 10.2. The molecule has 110 valence electrons. The van der Waals surface area contributed by atoms with Gasteiger partial charge < -0.3 is 9.47 Å². The summed E-state index contributed by atoms with van der Waals surface area (Å²) in [5.74, 6) is 0.238. The Morgan fingerprint density at radius 1 is 1.10 bits per heavy atom. The zero-order valence-corrected chi connectivity index (χ0v) is 13.1. The number of carbonyl (C=O) groups excluding carboxylic acids is 1. The number of rotatable bonds is 6. The number of halogens is 1. The summed E-state index contributed by atoms with van der Waals surface area (Å²) in [4.78, 5) is 12.9. The minimum Gasteiger partial charge on any atom is -0.488 e. The molecule has 2 rings (SSSR count). The Kier molecular flexibility index (Phi) is 5.96. The zero-order chi connectivity index (χ0) is 15.1. The number of para-hydroxylation sites is 1. The predicted octanol–water partition coefficient (Wildman–Crippen LogP) is 4.30. The molecule has 0 aliphatic rings. The first-order chi connectivity index (χ1) is 10.2. The summed E-state index contributed by atoms with van der Waals surface area (Å²) < 4.78 is 10.7. The van der Waals surface area contributed by atoms with E-state index in [0.717, 1.165) is 4.90 Å². The van der Waals surface area contributed by atoms with E-state index in [2.05, 4.69) is 0 Å². The van der Waals surface area contributed by atoms with E-state index in [0.29, 0.717) is 16.3 Å². The molecule has 0 aliphatic heterocycles. The van der Waals surface area contributed by atoms with Crippen molar-refractivity contribution in [1.82, 2.24) is 0 Å². The van der Waals surface area contributed by atoms with Crippen LogP contribution in [0.1, 0.15) is 10.4 Å². The minimum absolute atomic E-state index is 0.173. The number of hydrogen-bond donors (Lipinski definition) is 0. The molecule has 0 atom stereocenters. The molecule has 0 amide bonds. The van der Waals surface area contributed by atoms with Gasteiger partial charge in [0.1, 0.15) is 19.0 Å². The highest BCUT2D eigenvalue weighted by atomic mass is 35.5. The van der Waals surface area contributed by atoms with Gasteiger partial charge in [-0.05, 0) is 30.5 Å². The van der Waals surface area contributed by atoms with Crippen LogP contribution in [-0.4, -0.2) is 25.4 Å². The molecule has 0 saturated carbocycles. The molecule has 0 N–H and O–H groups in total. The van der Waals surface area contributed by atoms with E-state index < -0.39 is 0 Å². The molecule has 0 saturated heterocycles. The van der Waals surface area contributed by atoms with Crippen LogP contribution >= 0.6 is 23.4 Å². The van der Waals surface area contributed by atoms with E-state index >= 15 is 0 Å². The van der Waals surface area contributed by atoms with E-state index in [1.165, 1.54) is 11.8 Å². The lowest BCUT2D eigenvalue weighted by Gasteiger charge is -2.10. The molecule has 0 fully saturated rings. The van der Waals surface area contributed by atoms with Crippen LogP contribution in [0.2, 0.25) is 5.02 Å². The summed E-state index contributed by atoms with van der Waals surface area (Å²) in [6.45, 7) is 0.434. The fraction of sp³-hybridized carbons (Fsp3) is 0.188. The van der Waals surface area contributed by atoms with Crippen LogP contribution < -0.4 is 4.74 Å². The molecule has 2 aromatic rings. The standard InChI is InChI=1S/C16H15ClO3S/c1-21-15-9-5-2-6-12(15)16(18)20-11-10-19-14-8-4-3-7-13(14)17/h2-9H,10-11H2,1H3. The normalized spacial score (nSPS) is 10.2. The molecule has 21 heavy (non-hydrogen) atoms. The van der Waals surface area contributed by atoms with Crippen molar-refractivity contribution in [2.45, 2.75) is 4.90 Å². The van der Waals surface area contributed by atoms with Crippen LogP contribution in [0.4, 0.5) is 0 Å². The van der Waals surface area contributed by atoms with Gasteiger partial charge in [0.15, 0.2) is 0 Å². The number of carbonyl (C=O) groups is 1. The number of benzene rings is 2. The maximum atomic E-state index is 12.0. The van der Waals surface area contributed by atoms with E-state index in [1.54, 1.807) is 18.2 Å². The van der Waals surface area contributed by atoms with Gasteiger partial charge in [0.05, 0.1) is 10.6 Å². The quantitative estimate of drug-likeness (QED) is 0.451. The molecule has 0 heterocycles. The van der Waals surface area contributed by atoms with Crippen LogP contribution in [0.15, 0.2) is 53.4 Å². The van der Waals surface area contributed by atoms with Crippen molar-refractivity contribution in [3.8, 4) is 5.75 Å². The van der Waals surface area contributed by atoms with Gasteiger partial charge in [-0.1, -0.05) is 35.9 Å².